The highest BCUT2D eigenvalue weighted by Gasteiger charge is 2.64. The number of phenols is 1. The van der Waals surface area contributed by atoms with Crippen LogP contribution in [0.4, 0.5) is 10.1 Å². The molecule has 1 amide bonds. The second-order valence-corrected chi connectivity index (χ2v) is 11.3. The Balaban J connectivity index is 1.72. The van der Waals surface area contributed by atoms with Crippen molar-refractivity contribution >= 4 is 28.9 Å². The standard InChI is InChI=1S/C31H30FN3O7/c1-34(2)20-13-15(8-5-14-6-9-17(32)10-7-14)25(36)22-18(20)11-16-12-19-24(35(3)4)27(38)23(30(33)41)29(40)31(19,42)28(39)21(16)26(22)37/h6-7,9-10,13,16,19,24,36-37,40,42H,11-12H2,1-4H3,(H2,33,41)/t16-,19+,24-,31+/m1/s1. The number of hydrogen-bond donors (Lipinski definition) is 5. The summed E-state index contributed by atoms with van der Waals surface area (Å²) >= 11 is 0. The first-order valence-corrected chi connectivity index (χ1v) is 13.2. The maximum atomic E-state index is 14.0. The molecule has 3 aliphatic carbocycles. The number of carbonyl (C=O) groups excluding carboxylic acids is 3. The van der Waals surface area contributed by atoms with Crippen LogP contribution in [0.2, 0.25) is 0 Å². The molecule has 42 heavy (non-hydrogen) atoms. The second kappa shape index (κ2) is 10.0. The number of anilines is 1. The van der Waals surface area contributed by atoms with Crippen molar-refractivity contribution in [2.24, 2.45) is 17.6 Å². The average molecular weight is 576 g/mol. The van der Waals surface area contributed by atoms with Crippen molar-refractivity contribution in [2.75, 3.05) is 33.1 Å². The maximum Gasteiger partial charge on any atom is 0.255 e. The molecule has 0 spiro atoms. The minimum atomic E-state index is -2.72. The Morgan fingerprint density at radius 1 is 1.07 bits per heavy atom. The lowest BCUT2D eigenvalue weighted by Crippen LogP contribution is -2.65. The fraction of sp³-hybridized carbons (Fsp3) is 0.323. The number of rotatable bonds is 3. The van der Waals surface area contributed by atoms with E-state index in [0.29, 0.717) is 16.8 Å². The van der Waals surface area contributed by atoms with Crippen LogP contribution in [0.3, 0.4) is 0 Å². The van der Waals surface area contributed by atoms with Crippen LogP contribution in [-0.2, 0) is 20.8 Å². The molecule has 0 aliphatic heterocycles. The largest absolute Gasteiger partial charge is 0.508 e. The smallest absolute Gasteiger partial charge is 0.255 e. The third kappa shape index (κ3) is 4.14. The first-order chi connectivity index (χ1) is 19.7. The van der Waals surface area contributed by atoms with Crippen LogP contribution in [0.15, 0.2) is 47.2 Å². The van der Waals surface area contributed by atoms with Gasteiger partial charge in [0.15, 0.2) is 11.4 Å². The van der Waals surface area contributed by atoms with Gasteiger partial charge in [-0.3, -0.25) is 19.3 Å². The van der Waals surface area contributed by atoms with Crippen molar-refractivity contribution in [1.29, 1.82) is 0 Å². The normalized spacial score (nSPS) is 25.0. The third-order valence-corrected chi connectivity index (χ3v) is 8.36. The van der Waals surface area contributed by atoms with Crippen molar-refractivity contribution in [1.82, 2.24) is 4.90 Å². The molecule has 2 aromatic rings. The van der Waals surface area contributed by atoms with Gasteiger partial charge in [0.25, 0.3) is 5.91 Å². The fourth-order valence-electron chi connectivity index (χ4n) is 6.46. The predicted octanol–water partition coefficient (Wildman–Crippen LogP) is 1.57. The Labute approximate surface area is 241 Å². The Morgan fingerprint density at radius 3 is 2.29 bits per heavy atom. The van der Waals surface area contributed by atoms with Gasteiger partial charge in [-0.1, -0.05) is 11.8 Å². The zero-order valence-electron chi connectivity index (χ0n) is 23.4. The number of amides is 1. The lowest BCUT2D eigenvalue weighted by Gasteiger charge is -2.50. The van der Waals surface area contributed by atoms with Crippen LogP contribution in [0.25, 0.3) is 5.76 Å². The summed E-state index contributed by atoms with van der Waals surface area (Å²) in [6, 6.07) is 5.93. The van der Waals surface area contributed by atoms with E-state index in [4.69, 9.17) is 5.73 Å². The van der Waals surface area contributed by atoms with E-state index >= 15 is 0 Å². The van der Waals surface area contributed by atoms with Gasteiger partial charge in [-0.15, -0.1) is 0 Å². The van der Waals surface area contributed by atoms with Crippen LogP contribution in [-0.4, -0.2) is 82.6 Å². The molecule has 0 radical (unpaired) electrons. The number of phenolic OH excluding ortho intramolecular Hbond substituents is 1. The van der Waals surface area contributed by atoms with Crippen molar-refractivity contribution in [3.63, 3.8) is 0 Å². The average Bonchev–Trinajstić information content (AvgIpc) is 2.90. The molecule has 0 saturated heterocycles. The molecule has 6 N–H and O–H groups in total. The molecule has 10 nitrogen and oxygen atoms in total. The highest BCUT2D eigenvalue weighted by Crippen LogP contribution is 2.54. The van der Waals surface area contributed by atoms with E-state index < -0.39 is 69.6 Å². The monoisotopic (exact) mass is 575 g/mol. The molecule has 0 unspecified atom stereocenters. The topological polar surface area (TPSA) is 165 Å². The van der Waals surface area contributed by atoms with E-state index in [1.165, 1.54) is 29.2 Å². The molecule has 2 aromatic carbocycles. The summed E-state index contributed by atoms with van der Waals surface area (Å²) in [7, 11) is 6.62. The molecule has 11 heteroatoms. The van der Waals surface area contributed by atoms with Gasteiger partial charge in [-0.2, -0.15) is 0 Å². The number of hydrogen-bond acceptors (Lipinski definition) is 9. The molecular weight excluding hydrogens is 545 g/mol. The lowest BCUT2D eigenvalue weighted by molar-refractivity contribution is -0.153. The van der Waals surface area contributed by atoms with E-state index in [1.807, 2.05) is 0 Å². The molecule has 1 fully saturated rings. The number of primary amides is 1. The van der Waals surface area contributed by atoms with Crippen LogP contribution in [0, 0.1) is 29.5 Å². The number of fused-ring (bicyclic) bond motifs is 3. The van der Waals surface area contributed by atoms with E-state index in [9.17, 15) is 39.2 Å². The van der Waals surface area contributed by atoms with Gasteiger partial charge >= 0.3 is 0 Å². The summed E-state index contributed by atoms with van der Waals surface area (Å²) < 4.78 is 13.3. The highest BCUT2D eigenvalue weighted by molar-refractivity contribution is 6.24. The quantitative estimate of drug-likeness (QED) is 0.270. The molecular formula is C31H30FN3O7. The molecule has 5 rings (SSSR count). The highest BCUT2D eigenvalue weighted by atomic mass is 19.1. The van der Waals surface area contributed by atoms with Crippen molar-refractivity contribution in [2.45, 2.75) is 24.5 Å². The summed E-state index contributed by atoms with van der Waals surface area (Å²) in [6.45, 7) is 0. The SMILES string of the molecule is CN(C)c1cc(C#Cc2ccc(F)cc2)c(O)c2c1C[C@@H]1C[C@H]3[C@@H](N(C)C)C(=O)C(C(N)=O)=C(O)[C@@]3(O)C(=O)C1=C2O. The van der Waals surface area contributed by atoms with Crippen molar-refractivity contribution in [3.8, 4) is 17.6 Å². The number of aliphatic hydroxyl groups is 3. The summed E-state index contributed by atoms with van der Waals surface area (Å²) in [4.78, 5) is 42.7. The van der Waals surface area contributed by atoms with Gasteiger partial charge < -0.3 is 31.1 Å². The van der Waals surface area contributed by atoms with Gasteiger partial charge in [-0.05, 0) is 68.8 Å². The van der Waals surface area contributed by atoms with Crippen LogP contribution < -0.4 is 10.6 Å². The zero-order valence-corrected chi connectivity index (χ0v) is 23.4. The Kier molecular flexibility index (Phi) is 6.88. The zero-order chi connectivity index (χ0) is 30.8. The Bertz CT molecular complexity index is 1680. The number of benzene rings is 2. The van der Waals surface area contributed by atoms with Crippen molar-refractivity contribution < 1.29 is 39.2 Å². The van der Waals surface area contributed by atoms with Gasteiger partial charge in [0.1, 0.15) is 28.7 Å². The van der Waals surface area contributed by atoms with E-state index in [-0.39, 0.29) is 29.5 Å². The minimum Gasteiger partial charge on any atom is -0.508 e. The number of aliphatic hydroxyl groups excluding tert-OH is 2. The maximum absolute atomic E-state index is 14.0. The molecule has 0 bridgehead atoms. The fourth-order valence-corrected chi connectivity index (χ4v) is 6.46. The number of aromatic hydroxyl groups is 1. The van der Waals surface area contributed by atoms with E-state index in [2.05, 4.69) is 11.8 Å². The van der Waals surface area contributed by atoms with Crippen LogP contribution in [0.5, 0.6) is 5.75 Å². The van der Waals surface area contributed by atoms with Gasteiger partial charge in [0.2, 0.25) is 5.78 Å². The van der Waals surface area contributed by atoms with E-state index in [0.717, 1.165) is 0 Å². The number of Topliss-reactive ketones (excluding diaryl/α,β-unsaturated/α-hetero) is 2. The number of likely N-dealkylation sites (N-methyl/N-ethyl adjacent to an activating group) is 1. The number of nitrogens with two attached hydrogens (primary N) is 1. The molecule has 1 saturated carbocycles. The molecule has 3 aliphatic rings. The minimum absolute atomic E-state index is 0.00842. The molecule has 0 heterocycles. The molecule has 218 valence electrons. The predicted molar refractivity (Wildman–Crippen MR) is 151 cm³/mol. The summed E-state index contributed by atoms with van der Waals surface area (Å²) in [6.07, 6.45) is 0.146. The summed E-state index contributed by atoms with van der Waals surface area (Å²) in [5, 5.41) is 45.6. The van der Waals surface area contributed by atoms with Crippen LogP contribution in [0.1, 0.15) is 28.7 Å². The number of ketones is 2. The number of carbonyl (C=O) groups is 3. The first kappa shape index (κ1) is 28.9. The Hall–Kier alpha value is -4.66. The van der Waals surface area contributed by atoms with Gasteiger partial charge in [0.05, 0.1) is 17.2 Å². The van der Waals surface area contributed by atoms with Crippen LogP contribution >= 0.6 is 0 Å². The van der Waals surface area contributed by atoms with Gasteiger partial charge in [-0.25, -0.2) is 4.39 Å². The number of halogens is 1. The summed E-state index contributed by atoms with van der Waals surface area (Å²) in [5.74, 6) is -1.93. The molecule has 4 atom stereocenters. The number of nitrogens with zero attached hydrogens (tertiary/aromatic N) is 2. The van der Waals surface area contributed by atoms with Crippen molar-refractivity contribution in [3.05, 3.63) is 75.3 Å². The van der Waals surface area contributed by atoms with E-state index in [1.54, 1.807) is 39.2 Å². The lowest BCUT2D eigenvalue weighted by atomic mass is 9.57. The summed E-state index contributed by atoms with van der Waals surface area (Å²) in [5.41, 5.74) is 3.22. The third-order valence-electron chi connectivity index (χ3n) is 8.36. The second-order valence-electron chi connectivity index (χ2n) is 11.3. The molecule has 0 aromatic heterocycles. The first-order valence-electron chi connectivity index (χ1n) is 13.2. The van der Waals surface area contributed by atoms with Gasteiger partial charge in [0, 0.05) is 36.8 Å². The Morgan fingerprint density at radius 2 is 1.71 bits per heavy atom.